The van der Waals surface area contributed by atoms with Crippen molar-refractivity contribution in [3.63, 3.8) is 0 Å². The number of aliphatic imine (C=N–C) groups is 1. The molecular formula is C16H25F3N4O2S. The van der Waals surface area contributed by atoms with Gasteiger partial charge < -0.3 is 19.7 Å². The van der Waals surface area contributed by atoms with Crippen molar-refractivity contribution in [2.24, 2.45) is 10.9 Å². The smallest absolute Gasteiger partial charge is 0.382 e. The van der Waals surface area contributed by atoms with Gasteiger partial charge in [-0.05, 0) is 13.3 Å². The molecule has 6 nitrogen and oxygen atoms in total. The lowest BCUT2D eigenvalue weighted by atomic mass is 10.1. The molecule has 1 aromatic heterocycles. The minimum atomic E-state index is -4.41. The summed E-state index contributed by atoms with van der Waals surface area (Å²) in [4.78, 5) is 10.2. The molecule has 0 radical (unpaired) electrons. The molecule has 0 bridgehead atoms. The Hall–Kier alpha value is -1.39. The second-order valence-corrected chi connectivity index (χ2v) is 6.91. The monoisotopic (exact) mass is 394 g/mol. The Labute approximate surface area is 155 Å². The van der Waals surface area contributed by atoms with Crippen LogP contribution in [-0.4, -0.2) is 62.4 Å². The maximum Gasteiger partial charge on any atom is 0.434 e. The van der Waals surface area contributed by atoms with Gasteiger partial charge in [0.2, 0.25) is 0 Å². The van der Waals surface area contributed by atoms with E-state index in [1.54, 1.807) is 7.11 Å². The fourth-order valence-corrected chi connectivity index (χ4v) is 3.36. The van der Waals surface area contributed by atoms with Crippen LogP contribution in [0.4, 0.5) is 13.2 Å². The zero-order valence-corrected chi connectivity index (χ0v) is 15.8. The summed E-state index contributed by atoms with van der Waals surface area (Å²) < 4.78 is 48.4. The molecule has 1 fully saturated rings. The number of thiazole rings is 1. The predicted molar refractivity (Wildman–Crippen MR) is 94.3 cm³/mol. The Balaban J connectivity index is 1.89. The Morgan fingerprint density at radius 2 is 2.27 bits per heavy atom. The van der Waals surface area contributed by atoms with Crippen LogP contribution in [0, 0.1) is 5.92 Å². The highest BCUT2D eigenvalue weighted by Crippen LogP contribution is 2.30. The van der Waals surface area contributed by atoms with E-state index in [2.05, 4.69) is 20.2 Å². The van der Waals surface area contributed by atoms with E-state index >= 15 is 0 Å². The number of ether oxygens (including phenoxy) is 2. The van der Waals surface area contributed by atoms with Crippen LogP contribution < -0.4 is 5.32 Å². The number of likely N-dealkylation sites (tertiary alicyclic amines) is 1. The van der Waals surface area contributed by atoms with Crippen LogP contribution in [0.5, 0.6) is 0 Å². The number of alkyl halides is 3. The number of guanidine groups is 1. The molecule has 1 aliphatic rings. The van der Waals surface area contributed by atoms with E-state index < -0.39 is 11.9 Å². The number of nitrogens with one attached hydrogen (secondary N) is 1. The maximum atomic E-state index is 12.6. The first kappa shape index (κ1) is 20.9. The van der Waals surface area contributed by atoms with E-state index in [0.29, 0.717) is 43.3 Å². The number of aromatic nitrogens is 1. The Morgan fingerprint density at radius 3 is 2.92 bits per heavy atom. The summed E-state index contributed by atoms with van der Waals surface area (Å²) in [5, 5.41) is 4.58. The minimum Gasteiger partial charge on any atom is -0.382 e. The van der Waals surface area contributed by atoms with Crippen molar-refractivity contribution >= 4 is 17.3 Å². The molecular weight excluding hydrogens is 369 g/mol. The second kappa shape index (κ2) is 10.1. The van der Waals surface area contributed by atoms with Crippen molar-refractivity contribution in [2.75, 3.05) is 46.6 Å². The van der Waals surface area contributed by atoms with Gasteiger partial charge in [0.25, 0.3) is 0 Å². The molecule has 2 rings (SSSR count). The largest absolute Gasteiger partial charge is 0.434 e. The van der Waals surface area contributed by atoms with Crippen LogP contribution in [0.1, 0.15) is 24.0 Å². The molecule has 1 atom stereocenters. The van der Waals surface area contributed by atoms with Crippen LogP contribution in [-0.2, 0) is 22.2 Å². The molecule has 1 N–H and O–H groups in total. The zero-order chi connectivity index (χ0) is 19.0. The topological polar surface area (TPSA) is 59.0 Å². The lowest BCUT2D eigenvalue weighted by Crippen LogP contribution is -2.40. The summed E-state index contributed by atoms with van der Waals surface area (Å²) in [5.41, 5.74) is -0.854. The number of hydrogen-bond donors (Lipinski definition) is 1. The van der Waals surface area contributed by atoms with Crippen LogP contribution in [0.25, 0.3) is 0 Å². The molecule has 1 aromatic rings. The number of hydrogen-bond acceptors (Lipinski definition) is 5. The standard InChI is InChI=1S/C16H25F3N4O2S/c1-3-20-15(21-8-14-22-13(11-26-14)16(17,18)19)23-5-4-12(9-23)10-25-7-6-24-2/h11-12H,3-10H2,1-2H3,(H,20,21). The highest BCUT2D eigenvalue weighted by atomic mass is 32.1. The van der Waals surface area contributed by atoms with Crippen molar-refractivity contribution in [2.45, 2.75) is 26.1 Å². The lowest BCUT2D eigenvalue weighted by Gasteiger charge is -2.21. The van der Waals surface area contributed by atoms with E-state index in [4.69, 9.17) is 9.47 Å². The van der Waals surface area contributed by atoms with Gasteiger partial charge >= 0.3 is 6.18 Å². The van der Waals surface area contributed by atoms with Crippen molar-refractivity contribution in [1.82, 2.24) is 15.2 Å². The van der Waals surface area contributed by atoms with Gasteiger partial charge in [0.1, 0.15) is 5.01 Å². The number of rotatable bonds is 8. The lowest BCUT2D eigenvalue weighted by molar-refractivity contribution is -0.140. The molecule has 26 heavy (non-hydrogen) atoms. The number of halogens is 3. The molecule has 2 heterocycles. The molecule has 0 amide bonds. The first-order valence-corrected chi connectivity index (χ1v) is 9.43. The summed E-state index contributed by atoms with van der Waals surface area (Å²) in [6, 6.07) is 0. The van der Waals surface area contributed by atoms with Crippen molar-refractivity contribution in [3.05, 3.63) is 16.1 Å². The van der Waals surface area contributed by atoms with Crippen LogP contribution in [0.15, 0.2) is 10.4 Å². The molecule has 148 valence electrons. The van der Waals surface area contributed by atoms with E-state index in [-0.39, 0.29) is 6.54 Å². The minimum absolute atomic E-state index is 0.134. The van der Waals surface area contributed by atoms with Crippen molar-refractivity contribution in [1.29, 1.82) is 0 Å². The summed E-state index contributed by atoms with van der Waals surface area (Å²) >= 11 is 0.979. The van der Waals surface area contributed by atoms with Gasteiger partial charge in [0.05, 0.1) is 26.4 Å². The first-order valence-electron chi connectivity index (χ1n) is 8.55. The van der Waals surface area contributed by atoms with E-state index in [9.17, 15) is 13.2 Å². The van der Waals surface area contributed by atoms with E-state index in [1.165, 1.54) is 0 Å². The first-order chi connectivity index (χ1) is 12.4. The molecule has 1 saturated heterocycles. The van der Waals surface area contributed by atoms with Gasteiger partial charge in [-0.3, -0.25) is 0 Å². The molecule has 0 aromatic carbocycles. The van der Waals surface area contributed by atoms with Gasteiger partial charge in [-0.1, -0.05) is 0 Å². The Morgan fingerprint density at radius 1 is 1.46 bits per heavy atom. The summed E-state index contributed by atoms with van der Waals surface area (Å²) in [6.07, 6.45) is -3.42. The van der Waals surface area contributed by atoms with Gasteiger partial charge in [-0.15, -0.1) is 11.3 Å². The third-order valence-corrected chi connectivity index (χ3v) is 4.75. The van der Waals surface area contributed by atoms with Gasteiger partial charge in [0, 0.05) is 38.0 Å². The SMILES string of the molecule is CCNC(=NCc1nc(C(F)(F)F)cs1)N1CCC(COCCOC)C1. The maximum absolute atomic E-state index is 12.6. The summed E-state index contributed by atoms with van der Waals surface area (Å²) in [5.74, 6) is 1.11. The summed E-state index contributed by atoms with van der Waals surface area (Å²) in [6.45, 7) is 6.26. The quantitative estimate of drug-likeness (QED) is 0.417. The molecule has 1 aliphatic heterocycles. The van der Waals surface area contributed by atoms with Crippen molar-refractivity contribution in [3.8, 4) is 0 Å². The fourth-order valence-electron chi connectivity index (χ4n) is 2.64. The Bertz CT molecular complexity index is 580. The normalized spacial score (nSPS) is 18.6. The van der Waals surface area contributed by atoms with Gasteiger partial charge in [0.15, 0.2) is 11.7 Å². The van der Waals surface area contributed by atoms with Gasteiger partial charge in [-0.25, -0.2) is 9.98 Å². The highest BCUT2D eigenvalue weighted by Gasteiger charge is 2.33. The Kier molecular flexibility index (Phi) is 8.11. The van der Waals surface area contributed by atoms with Crippen molar-refractivity contribution < 1.29 is 22.6 Å². The molecule has 1 unspecified atom stereocenters. The summed E-state index contributed by atoms with van der Waals surface area (Å²) in [7, 11) is 1.64. The highest BCUT2D eigenvalue weighted by molar-refractivity contribution is 7.09. The third-order valence-electron chi connectivity index (χ3n) is 3.91. The fraction of sp³-hybridized carbons (Fsp3) is 0.750. The molecule has 0 spiro atoms. The average Bonchev–Trinajstić information content (AvgIpc) is 3.24. The van der Waals surface area contributed by atoms with Gasteiger partial charge in [-0.2, -0.15) is 13.2 Å². The molecule has 0 aliphatic carbocycles. The van der Waals surface area contributed by atoms with E-state index in [1.807, 2.05) is 6.92 Å². The van der Waals surface area contributed by atoms with Crippen LogP contribution in [0.3, 0.4) is 0 Å². The second-order valence-electron chi connectivity index (χ2n) is 5.96. The molecule has 10 heteroatoms. The predicted octanol–water partition coefficient (Wildman–Crippen LogP) is 2.61. The number of methoxy groups -OCH3 is 1. The van der Waals surface area contributed by atoms with E-state index in [0.717, 1.165) is 36.2 Å². The van der Waals surface area contributed by atoms with Crippen LogP contribution >= 0.6 is 11.3 Å². The number of nitrogens with zero attached hydrogens (tertiary/aromatic N) is 3. The van der Waals surface area contributed by atoms with Crippen LogP contribution in [0.2, 0.25) is 0 Å². The molecule has 0 saturated carbocycles. The average molecular weight is 394 g/mol. The zero-order valence-electron chi connectivity index (χ0n) is 15.0. The third kappa shape index (κ3) is 6.40.